The van der Waals surface area contributed by atoms with Gasteiger partial charge in [0.15, 0.2) is 0 Å². The third-order valence-electron chi connectivity index (χ3n) is 2.90. The van der Waals surface area contributed by atoms with Gasteiger partial charge >= 0.3 is 5.97 Å². The first-order chi connectivity index (χ1) is 5.98. The third kappa shape index (κ3) is 0.798. The van der Waals surface area contributed by atoms with Crippen LogP contribution in [0.4, 0.5) is 0 Å². The summed E-state index contributed by atoms with van der Waals surface area (Å²) in [7, 11) is 0. The number of rotatable bonds is 0. The standard InChI is InChI=1S/C8H11NO4/c1-3-5-4(2)9-6(10)8(3,12)7(11)13-5/h3-5,12H,1-2H3,(H,9,10)/t3-,4-,5+,8+/m0/s1. The fourth-order valence-electron chi connectivity index (χ4n) is 1.97. The van der Waals surface area contributed by atoms with E-state index in [9.17, 15) is 14.7 Å². The Kier molecular flexibility index (Phi) is 1.46. The molecule has 0 aromatic rings. The van der Waals surface area contributed by atoms with Gasteiger partial charge in [0.2, 0.25) is 5.60 Å². The van der Waals surface area contributed by atoms with Crippen molar-refractivity contribution in [3.63, 3.8) is 0 Å². The van der Waals surface area contributed by atoms with Crippen molar-refractivity contribution in [3.8, 4) is 0 Å². The van der Waals surface area contributed by atoms with E-state index in [4.69, 9.17) is 4.74 Å². The van der Waals surface area contributed by atoms with Crippen molar-refractivity contribution in [2.45, 2.75) is 31.6 Å². The molecule has 2 fully saturated rings. The third-order valence-corrected chi connectivity index (χ3v) is 2.90. The molecule has 13 heavy (non-hydrogen) atoms. The Balaban J connectivity index is 2.46. The first kappa shape index (κ1) is 8.50. The summed E-state index contributed by atoms with van der Waals surface area (Å²) in [5.41, 5.74) is -1.96. The summed E-state index contributed by atoms with van der Waals surface area (Å²) in [4.78, 5) is 22.6. The second kappa shape index (κ2) is 2.23. The summed E-state index contributed by atoms with van der Waals surface area (Å²) in [6.45, 7) is 3.39. The fourth-order valence-corrected chi connectivity index (χ4v) is 1.97. The van der Waals surface area contributed by atoms with Crippen LogP contribution in [0.25, 0.3) is 0 Å². The SMILES string of the molecule is C[C@@H]1NC(=O)[C@@]2(O)C(=O)O[C@@H]1[C@@H]2C. The predicted molar refractivity (Wildman–Crippen MR) is 41.6 cm³/mol. The topological polar surface area (TPSA) is 75.6 Å². The van der Waals surface area contributed by atoms with Gasteiger partial charge in [0, 0.05) is 5.92 Å². The van der Waals surface area contributed by atoms with Crippen LogP contribution in [0.15, 0.2) is 0 Å². The molecule has 5 heteroatoms. The van der Waals surface area contributed by atoms with Gasteiger partial charge in [-0.2, -0.15) is 0 Å². The number of esters is 1. The Morgan fingerprint density at radius 1 is 1.46 bits per heavy atom. The highest BCUT2D eigenvalue weighted by Gasteiger charge is 2.64. The molecule has 2 rings (SSSR count). The number of aliphatic hydroxyl groups is 1. The Hall–Kier alpha value is -1.10. The van der Waals surface area contributed by atoms with Crippen LogP contribution in [0.1, 0.15) is 13.8 Å². The maximum absolute atomic E-state index is 11.3. The van der Waals surface area contributed by atoms with E-state index < -0.39 is 29.5 Å². The van der Waals surface area contributed by atoms with Gasteiger partial charge < -0.3 is 15.2 Å². The molecule has 0 saturated carbocycles. The first-order valence-corrected chi connectivity index (χ1v) is 4.22. The number of piperidine rings is 1. The lowest BCUT2D eigenvalue weighted by Gasteiger charge is -2.32. The molecule has 4 atom stereocenters. The van der Waals surface area contributed by atoms with Crippen molar-refractivity contribution in [1.82, 2.24) is 5.32 Å². The van der Waals surface area contributed by atoms with E-state index in [1.54, 1.807) is 13.8 Å². The molecule has 0 unspecified atom stereocenters. The molecular formula is C8H11NO4. The van der Waals surface area contributed by atoms with Gasteiger partial charge in [-0.15, -0.1) is 0 Å². The normalized spacial score (nSPS) is 48.7. The fraction of sp³-hybridized carbons (Fsp3) is 0.750. The monoisotopic (exact) mass is 185 g/mol. The van der Waals surface area contributed by atoms with Crippen LogP contribution >= 0.6 is 0 Å². The molecule has 2 saturated heterocycles. The maximum atomic E-state index is 11.3. The minimum Gasteiger partial charge on any atom is -0.457 e. The number of carbonyl (C=O) groups excluding carboxylic acids is 2. The molecule has 0 aromatic heterocycles. The van der Waals surface area contributed by atoms with Crippen LogP contribution in [0, 0.1) is 5.92 Å². The first-order valence-electron chi connectivity index (χ1n) is 4.22. The van der Waals surface area contributed by atoms with Gasteiger partial charge in [0.1, 0.15) is 6.10 Å². The average Bonchev–Trinajstić information content (AvgIpc) is 2.24. The second-order valence-electron chi connectivity index (χ2n) is 3.69. The summed E-state index contributed by atoms with van der Waals surface area (Å²) in [5, 5.41) is 12.3. The zero-order valence-electron chi connectivity index (χ0n) is 7.40. The largest absolute Gasteiger partial charge is 0.457 e. The molecule has 5 nitrogen and oxygen atoms in total. The van der Waals surface area contributed by atoms with Gasteiger partial charge in [0.25, 0.3) is 5.91 Å². The molecule has 2 aliphatic heterocycles. The molecule has 0 aliphatic carbocycles. The van der Waals surface area contributed by atoms with Crippen molar-refractivity contribution >= 4 is 11.9 Å². The van der Waals surface area contributed by atoms with Crippen LogP contribution in [0.3, 0.4) is 0 Å². The number of fused-ring (bicyclic) bond motifs is 2. The lowest BCUT2D eigenvalue weighted by Crippen LogP contribution is -2.62. The predicted octanol–water partition coefficient (Wildman–Crippen LogP) is -1.20. The molecule has 2 aliphatic rings. The van der Waals surface area contributed by atoms with Crippen LogP contribution < -0.4 is 5.32 Å². The number of ether oxygens (including phenoxy) is 1. The second-order valence-corrected chi connectivity index (χ2v) is 3.69. The van der Waals surface area contributed by atoms with Crippen LogP contribution in [-0.2, 0) is 14.3 Å². The highest BCUT2D eigenvalue weighted by Crippen LogP contribution is 2.37. The minimum absolute atomic E-state index is 0.228. The van der Waals surface area contributed by atoms with E-state index in [0.29, 0.717) is 0 Å². The molecule has 1 amide bonds. The molecule has 2 bridgehead atoms. The Bertz CT molecular complexity index is 290. The highest BCUT2D eigenvalue weighted by atomic mass is 16.6. The smallest absolute Gasteiger partial charge is 0.348 e. The Morgan fingerprint density at radius 2 is 2.08 bits per heavy atom. The maximum Gasteiger partial charge on any atom is 0.348 e. The Morgan fingerprint density at radius 3 is 2.69 bits per heavy atom. The van der Waals surface area contributed by atoms with E-state index in [2.05, 4.69) is 5.32 Å². The zero-order valence-corrected chi connectivity index (χ0v) is 7.40. The van der Waals surface area contributed by atoms with Crippen molar-refractivity contribution < 1.29 is 19.4 Å². The van der Waals surface area contributed by atoms with Crippen LogP contribution in [-0.4, -0.2) is 34.7 Å². The molecule has 0 radical (unpaired) electrons. The average molecular weight is 185 g/mol. The van der Waals surface area contributed by atoms with Gasteiger partial charge in [-0.05, 0) is 6.92 Å². The van der Waals surface area contributed by atoms with E-state index in [1.165, 1.54) is 0 Å². The van der Waals surface area contributed by atoms with Crippen molar-refractivity contribution in [1.29, 1.82) is 0 Å². The molecule has 72 valence electrons. The number of carbonyl (C=O) groups is 2. The Labute approximate surface area is 75.1 Å². The van der Waals surface area contributed by atoms with Gasteiger partial charge in [-0.3, -0.25) is 4.79 Å². The molecule has 2 heterocycles. The molecule has 0 spiro atoms. The van der Waals surface area contributed by atoms with E-state index in [1.807, 2.05) is 0 Å². The van der Waals surface area contributed by atoms with Gasteiger partial charge in [0.05, 0.1) is 6.04 Å². The van der Waals surface area contributed by atoms with Gasteiger partial charge in [-0.1, -0.05) is 6.92 Å². The summed E-state index contributed by atoms with van der Waals surface area (Å²) in [5.74, 6) is -1.94. The summed E-state index contributed by atoms with van der Waals surface area (Å²) >= 11 is 0. The quantitative estimate of drug-likeness (QED) is 0.367. The summed E-state index contributed by atoms with van der Waals surface area (Å²) < 4.78 is 4.91. The number of hydrogen-bond acceptors (Lipinski definition) is 4. The minimum atomic E-state index is -1.96. The highest BCUT2D eigenvalue weighted by molar-refractivity contribution is 6.08. The number of nitrogens with one attached hydrogen (secondary N) is 1. The van der Waals surface area contributed by atoms with E-state index >= 15 is 0 Å². The summed E-state index contributed by atoms with van der Waals surface area (Å²) in [6.07, 6.45) is -0.407. The van der Waals surface area contributed by atoms with Crippen LogP contribution in [0.2, 0.25) is 0 Å². The van der Waals surface area contributed by atoms with Crippen LogP contribution in [0.5, 0.6) is 0 Å². The van der Waals surface area contributed by atoms with E-state index in [0.717, 1.165) is 0 Å². The van der Waals surface area contributed by atoms with Crippen molar-refractivity contribution in [2.75, 3.05) is 0 Å². The molecular weight excluding hydrogens is 174 g/mol. The van der Waals surface area contributed by atoms with Gasteiger partial charge in [-0.25, -0.2) is 4.79 Å². The number of amides is 1. The summed E-state index contributed by atoms with van der Waals surface area (Å²) in [6, 6.07) is -0.228. The lowest BCUT2D eigenvalue weighted by molar-refractivity contribution is -0.161. The van der Waals surface area contributed by atoms with Crippen molar-refractivity contribution in [2.24, 2.45) is 5.92 Å². The molecule has 0 aromatic carbocycles. The number of hydrogen-bond donors (Lipinski definition) is 2. The lowest BCUT2D eigenvalue weighted by atomic mass is 9.81. The van der Waals surface area contributed by atoms with E-state index in [-0.39, 0.29) is 6.04 Å². The zero-order chi connectivity index (χ0) is 9.80. The molecule has 2 N–H and O–H groups in total. The van der Waals surface area contributed by atoms with Crippen molar-refractivity contribution in [3.05, 3.63) is 0 Å².